The summed E-state index contributed by atoms with van der Waals surface area (Å²) in [6.45, 7) is 7.41. The molecule has 2 aliphatic rings. The number of anilines is 1. The maximum Gasteiger partial charge on any atom is 0.410 e. The van der Waals surface area contributed by atoms with E-state index in [2.05, 4.69) is 10.4 Å². The molecule has 3 atom stereocenters. The van der Waals surface area contributed by atoms with Crippen molar-refractivity contribution < 1.29 is 23.9 Å². The lowest BCUT2D eigenvalue weighted by molar-refractivity contribution is -0.134. The lowest BCUT2D eigenvalue weighted by Gasteiger charge is -2.41. The van der Waals surface area contributed by atoms with Crippen molar-refractivity contribution >= 4 is 40.4 Å². The molecule has 1 aromatic heterocycles. The number of hydrogen-bond donors (Lipinski definition) is 1. The molecule has 1 aromatic carbocycles. The van der Waals surface area contributed by atoms with Crippen LogP contribution in [0.2, 0.25) is 0 Å². The van der Waals surface area contributed by atoms with Crippen molar-refractivity contribution in [2.45, 2.75) is 77.0 Å². The van der Waals surface area contributed by atoms with Crippen molar-refractivity contribution in [3.8, 4) is 0 Å². The highest BCUT2D eigenvalue weighted by Gasteiger charge is 2.37. The number of imide groups is 1. The van der Waals surface area contributed by atoms with Gasteiger partial charge in [0.15, 0.2) is 0 Å². The van der Waals surface area contributed by atoms with Crippen LogP contribution >= 0.6 is 0 Å². The number of hydrogen-bond acceptors (Lipinski definition) is 6. The number of amides is 4. The molecule has 35 heavy (non-hydrogen) atoms. The van der Waals surface area contributed by atoms with E-state index in [0.29, 0.717) is 18.5 Å². The molecule has 10 heteroatoms. The predicted molar refractivity (Wildman–Crippen MR) is 130 cm³/mol. The fourth-order valence-electron chi connectivity index (χ4n) is 4.94. The monoisotopic (exact) mass is 483 g/mol. The van der Waals surface area contributed by atoms with Crippen molar-refractivity contribution in [1.29, 1.82) is 0 Å². The topological polar surface area (TPSA) is 114 Å². The molecule has 0 spiro atoms. The molecule has 2 aromatic rings. The van der Waals surface area contributed by atoms with E-state index in [1.807, 2.05) is 45.9 Å². The summed E-state index contributed by atoms with van der Waals surface area (Å²) in [5, 5.41) is 7.80. The van der Waals surface area contributed by atoms with Gasteiger partial charge in [0.2, 0.25) is 17.7 Å². The summed E-state index contributed by atoms with van der Waals surface area (Å²) >= 11 is 0. The molecular formula is C25H33N5O5. The molecule has 2 fully saturated rings. The van der Waals surface area contributed by atoms with E-state index in [1.54, 1.807) is 23.7 Å². The number of aryl methyl sites for hydroxylation is 1. The normalized spacial score (nSPS) is 23.4. The van der Waals surface area contributed by atoms with Crippen molar-refractivity contribution in [1.82, 2.24) is 20.0 Å². The maximum atomic E-state index is 13.2. The Bertz CT molecular complexity index is 1200. The Hall–Kier alpha value is -3.43. The van der Waals surface area contributed by atoms with E-state index in [1.165, 1.54) is 4.90 Å². The summed E-state index contributed by atoms with van der Waals surface area (Å²) in [6, 6.07) is 5.28. The number of benzene rings is 1. The van der Waals surface area contributed by atoms with Gasteiger partial charge in [0.1, 0.15) is 5.60 Å². The highest BCUT2D eigenvalue weighted by molar-refractivity contribution is 6.03. The van der Waals surface area contributed by atoms with Crippen LogP contribution in [0.3, 0.4) is 0 Å². The van der Waals surface area contributed by atoms with Crippen molar-refractivity contribution in [3.63, 3.8) is 0 Å². The van der Waals surface area contributed by atoms with Crippen LogP contribution in [-0.2, 0) is 26.2 Å². The number of nitrogens with one attached hydrogen (secondary N) is 1. The SMILES string of the molecule is C[C@@H]1C[C@H](N(C)C(=O)OC(C)(C)C)CC(=O)N1c1ccc2c(C3CCC(=O)NC3=O)nn(C)c2c1. The van der Waals surface area contributed by atoms with Gasteiger partial charge in [-0.05, 0) is 58.7 Å². The highest BCUT2D eigenvalue weighted by atomic mass is 16.6. The van der Waals surface area contributed by atoms with Crippen LogP contribution < -0.4 is 10.2 Å². The van der Waals surface area contributed by atoms with E-state index in [4.69, 9.17) is 4.74 Å². The van der Waals surface area contributed by atoms with Gasteiger partial charge in [-0.25, -0.2) is 4.79 Å². The van der Waals surface area contributed by atoms with Gasteiger partial charge in [-0.1, -0.05) is 0 Å². The second-order valence-corrected chi connectivity index (χ2v) is 10.5. The quantitative estimate of drug-likeness (QED) is 0.672. The van der Waals surface area contributed by atoms with E-state index >= 15 is 0 Å². The van der Waals surface area contributed by atoms with Crippen molar-refractivity contribution in [2.24, 2.45) is 7.05 Å². The van der Waals surface area contributed by atoms with Gasteiger partial charge in [-0.2, -0.15) is 5.10 Å². The summed E-state index contributed by atoms with van der Waals surface area (Å²) in [5.41, 5.74) is 1.57. The molecule has 0 radical (unpaired) electrons. The molecule has 0 bridgehead atoms. The minimum Gasteiger partial charge on any atom is -0.444 e. The third-order valence-electron chi connectivity index (χ3n) is 6.67. The highest BCUT2D eigenvalue weighted by Crippen LogP contribution is 2.34. The van der Waals surface area contributed by atoms with Crippen LogP contribution in [0.5, 0.6) is 0 Å². The summed E-state index contributed by atoms with van der Waals surface area (Å²) in [6.07, 6.45) is 1.09. The Morgan fingerprint density at radius 1 is 1.23 bits per heavy atom. The molecule has 4 amide bonds. The molecule has 0 saturated carbocycles. The zero-order valence-corrected chi connectivity index (χ0v) is 21.1. The molecular weight excluding hydrogens is 450 g/mol. The van der Waals surface area contributed by atoms with E-state index in [0.717, 1.165) is 16.6 Å². The zero-order chi connectivity index (χ0) is 25.7. The van der Waals surface area contributed by atoms with Crippen LogP contribution in [0.15, 0.2) is 18.2 Å². The number of piperidine rings is 2. The fourth-order valence-corrected chi connectivity index (χ4v) is 4.94. The molecule has 3 heterocycles. The van der Waals surface area contributed by atoms with Gasteiger partial charge in [-0.15, -0.1) is 0 Å². The standard InChI is InChI=1S/C25H33N5O5/c1-14-11-16(28(5)24(34)35-25(2,3)4)13-21(32)30(14)15-7-8-17-19(12-15)29(6)27-22(17)18-9-10-20(31)26-23(18)33/h7-8,12,14,16,18H,9-11,13H2,1-6H3,(H,26,31,33)/t14-,16+,18?/m1/s1. The largest absolute Gasteiger partial charge is 0.444 e. The second kappa shape index (κ2) is 8.98. The average Bonchev–Trinajstić information content (AvgIpc) is 3.07. The molecule has 0 aliphatic carbocycles. The number of carbonyl (C=O) groups is 4. The molecule has 188 valence electrons. The molecule has 1 N–H and O–H groups in total. The molecule has 1 unspecified atom stereocenters. The third-order valence-corrected chi connectivity index (χ3v) is 6.67. The van der Waals surface area contributed by atoms with Crippen molar-refractivity contribution in [3.05, 3.63) is 23.9 Å². The Morgan fingerprint density at radius 3 is 2.57 bits per heavy atom. The first-order chi connectivity index (χ1) is 16.4. The average molecular weight is 484 g/mol. The molecule has 2 saturated heterocycles. The summed E-state index contributed by atoms with van der Waals surface area (Å²) in [7, 11) is 3.47. The van der Waals surface area contributed by atoms with E-state index in [-0.39, 0.29) is 42.6 Å². The summed E-state index contributed by atoms with van der Waals surface area (Å²) in [4.78, 5) is 52.9. The Balaban J connectivity index is 1.56. The minimum absolute atomic E-state index is 0.0731. The van der Waals surface area contributed by atoms with Gasteiger partial charge in [-0.3, -0.25) is 24.4 Å². The summed E-state index contributed by atoms with van der Waals surface area (Å²) in [5.74, 6) is -1.15. The first-order valence-corrected chi connectivity index (χ1v) is 11.9. The minimum atomic E-state index is -0.604. The summed E-state index contributed by atoms with van der Waals surface area (Å²) < 4.78 is 7.17. The van der Waals surface area contributed by atoms with Crippen molar-refractivity contribution in [2.75, 3.05) is 11.9 Å². The first kappa shape index (κ1) is 24.7. The smallest absolute Gasteiger partial charge is 0.410 e. The van der Waals surface area contributed by atoms with Gasteiger partial charge in [0.05, 0.1) is 17.1 Å². The first-order valence-electron chi connectivity index (χ1n) is 11.9. The van der Waals surface area contributed by atoms with Crippen LogP contribution in [0.1, 0.15) is 65.0 Å². The third kappa shape index (κ3) is 4.87. The molecule has 10 nitrogen and oxygen atoms in total. The fraction of sp³-hybridized carbons (Fsp3) is 0.560. The number of ether oxygens (including phenoxy) is 1. The van der Waals surface area contributed by atoms with Gasteiger partial charge >= 0.3 is 6.09 Å². The van der Waals surface area contributed by atoms with Gasteiger partial charge < -0.3 is 14.5 Å². The van der Waals surface area contributed by atoms with Crippen LogP contribution in [0, 0.1) is 0 Å². The van der Waals surface area contributed by atoms with E-state index in [9.17, 15) is 19.2 Å². The number of rotatable bonds is 3. The molecule has 2 aliphatic heterocycles. The number of aromatic nitrogens is 2. The lowest BCUT2D eigenvalue weighted by Crippen LogP contribution is -2.53. The maximum absolute atomic E-state index is 13.2. The van der Waals surface area contributed by atoms with E-state index < -0.39 is 17.6 Å². The molecule has 4 rings (SSSR count). The zero-order valence-electron chi connectivity index (χ0n) is 21.1. The van der Waals surface area contributed by atoms with Gasteiger partial charge in [0, 0.05) is 50.1 Å². The Labute approximate surface area is 204 Å². The Morgan fingerprint density at radius 2 is 1.94 bits per heavy atom. The lowest BCUT2D eigenvalue weighted by atomic mass is 9.92. The predicted octanol–water partition coefficient (Wildman–Crippen LogP) is 2.84. The van der Waals surface area contributed by atoms with Gasteiger partial charge in [0.25, 0.3) is 0 Å². The van der Waals surface area contributed by atoms with Crippen LogP contribution in [0.25, 0.3) is 10.9 Å². The number of fused-ring (bicyclic) bond motifs is 1. The van der Waals surface area contributed by atoms with Crippen LogP contribution in [0.4, 0.5) is 10.5 Å². The Kier molecular flexibility index (Phi) is 6.33. The number of nitrogens with zero attached hydrogens (tertiary/aromatic N) is 4. The second-order valence-electron chi connectivity index (χ2n) is 10.5. The van der Waals surface area contributed by atoms with Crippen LogP contribution in [-0.4, -0.2) is 63.2 Å². The number of carbonyl (C=O) groups excluding carboxylic acids is 4.